The van der Waals surface area contributed by atoms with E-state index in [0.717, 1.165) is 11.1 Å². The summed E-state index contributed by atoms with van der Waals surface area (Å²) in [7, 11) is 0. The second-order valence-corrected chi connectivity index (χ2v) is 5.07. The minimum atomic E-state index is -0.519. The molecular formula is C13H17N3O2. The van der Waals surface area contributed by atoms with E-state index >= 15 is 0 Å². The number of hydrogen-bond donors (Lipinski definition) is 2. The first-order valence-electron chi connectivity index (χ1n) is 5.83. The van der Waals surface area contributed by atoms with E-state index in [1.54, 1.807) is 0 Å². The minimum absolute atomic E-state index is 0.513. The van der Waals surface area contributed by atoms with Crippen LogP contribution in [0.1, 0.15) is 31.9 Å². The summed E-state index contributed by atoms with van der Waals surface area (Å²) in [6, 6.07) is 7.89. The summed E-state index contributed by atoms with van der Waals surface area (Å²) < 4.78 is 5.12. The van der Waals surface area contributed by atoms with Gasteiger partial charge in [-0.3, -0.25) is 10.4 Å². The van der Waals surface area contributed by atoms with Crippen molar-refractivity contribution in [3.8, 4) is 0 Å². The van der Waals surface area contributed by atoms with Crippen molar-refractivity contribution in [1.82, 2.24) is 10.9 Å². The molecule has 1 aromatic carbocycles. The van der Waals surface area contributed by atoms with Gasteiger partial charge in [-0.15, -0.1) is 0 Å². The van der Waals surface area contributed by atoms with Gasteiger partial charge in [0.25, 0.3) is 0 Å². The molecule has 18 heavy (non-hydrogen) atoms. The molecule has 2 N–H and O–H groups in total. The van der Waals surface area contributed by atoms with Crippen LogP contribution in [0, 0.1) is 0 Å². The molecule has 1 heterocycles. The molecule has 0 saturated heterocycles. The molecule has 0 unspecified atom stereocenters. The van der Waals surface area contributed by atoms with Crippen LogP contribution in [0.3, 0.4) is 0 Å². The summed E-state index contributed by atoms with van der Waals surface area (Å²) in [5.74, 6) is 0.663. The van der Waals surface area contributed by atoms with Crippen LogP contribution in [-0.2, 0) is 11.3 Å². The fraction of sp³-hybridized carbons (Fsp3) is 0.385. The number of amidine groups is 1. The van der Waals surface area contributed by atoms with Gasteiger partial charge in [0.2, 0.25) is 0 Å². The van der Waals surface area contributed by atoms with Gasteiger partial charge in [0.1, 0.15) is 11.4 Å². The Labute approximate surface area is 106 Å². The van der Waals surface area contributed by atoms with Gasteiger partial charge in [-0.1, -0.05) is 24.3 Å². The molecule has 1 aromatic rings. The highest BCUT2D eigenvalue weighted by molar-refractivity contribution is 6.02. The number of fused-ring (bicyclic) bond motifs is 1. The van der Waals surface area contributed by atoms with Crippen LogP contribution in [0.2, 0.25) is 0 Å². The Bertz CT molecular complexity index is 489. The zero-order valence-corrected chi connectivity index (χ0v) is 10.8. The zero-order valence-electron chi connectivity index (χ0n) is 10.8. The Morgan fingerprint density at radius 2 is 2.06 bits per heavy atom. The SMILES string of the molecule is CC(C)(C)OC(=O)NNC1=NCc2ccccc21. The van der Waals surface area contributed by atoms with Crippen LogP contribution < -0.4 is 10.9 Å². The molecule has 96 valence electrons. The lowest BCUT2D eigenvalue weighted by Gasteiger charge is -2.20. The summed E-state index contributed by atoms with van der Waals surface area (Å²) in [4.78, 5) is 15.8. The predicted molar refractivity (Wildman–Crippen MR) is 69.2 cm³/mol. The molecule has 0 fully saturated rings. The molecule has 0 saturated carbocycles. The Hall–Kier alpha value is -2.04. The van der Waals surface area contributed by atoms with Crippen LogP contribution in [-0.4, -0.2) is 17.5 Å². The number of ether oxygens (including phenoxy) is 1. The number of carbonyl (C=O) groups excluding carboxylic acids is 1. The molecule has 5 nitrogen and oxygen atoms in total. The first-order chi connectivity index (χ1) is 8.46. The van der Waals surface area contributed by atoms with Gasteiger partial charge in [0.15, 0.2) is 0 Å². The maximum absolute atomic E-state index is 11.5. The van der Waals surface area contributed by atoms with Crippen molar-refractivity contribution in [2.24, 2.45) is 4.99 Å². The Balaban J connectivity index is 1.91. The number of hydrazine groups is 1. The van der Waals surface area contributed by atoms with Crippen LogP contribution in [0.25, 0.3) is 0 Å². The molecule has 0 radical (unpaired) electrons. The van der Waals surface area contributed by atoms with Crippen molar-refractivity contribution in [3.63, 3.8) is 0 Å². The molecule has 0 aliphatic carbocycles. The molecular weight excluding hydrogens is 230 g/mol. The van der Waals surface area contributed by atoms with E-state index in [9.17, 15) is 4.79 Å². The van der Waals surface area contributed by atoms with Crippen molar-refractivity contribution < 1.29 is 9.53 Å². The number of nitrogens with zero attached hydrogens (tertiary/aromatic N) is 1. The summed E-state index contributed by atoms with van der Waals surface area (Å²) >= 11 is 0. The lowest BCUT2D eigenvalue weighted by Crippen LogP contribution is -2.44. The van der Waals surface area contributed by atoms with Gasteiger partial charge in [-0.05, 0) is 26.3 Å². The van der Waals surface area contributed by atoms with E-state index in [4.69, 9.17) is 4.74 Å². The van der Waals surface area contributed by atoms with E-state index in [1.165, 1.54) is 0 Å². The quantitative estimate of drug-likeness (QED) is 0.689. The van der Waals surface area contributed by atoms with E-state index in [2.05, 4.69) is 15.8 Å². The van der Waals surface area contributed by atoms with Gasteiger partial charge < -0.3 is 4.74 Å². The van der Waals surface area contributed by atoms with Crippen molar-refractivity contribution in [2.75, 3.05) is 0 Å². The van der Waals surface area contributed by atoms with Gasteiger partial charge in [0.05, 0.1) is 6.54 Å². The molecule has 0 bridgehead atoms. The lowest BCUT2D eigenvalue weighted by molar-refractivity contribution is 0.0513. The van der Waals surface area contributed by atoms with Gasteiger partial charge in [-0.25, -0.2) is 10.2 Å². The first-order valence-corrected chi connectivity index (χ1v) is 5.83. The van der Waals surface area contributed by atoms with Gasteiger partial charge in [0, 0.05) is 5.56 Å². The molecule has 2 rings (SSSR count). The molecule has 0 aromatic heterocycles. The number of amides is 1. The highest BCUT2D eigenvalue weighted by atomic mass is 16.6. The Kier molecular flexibility index (Phi) is 3.23. The normalized spacial score (nSPS) is 13.6. The summed E-state index contributed by atoms with van der Waals surface area (Å²) in [5, 5.41) is 0. The molecule has 0 atom stereocenters. The fourth-order valence-corrected chi connectivity index (χ4v) is 1.66. The molecule has 1 aliphatic heterocycles. The highest BCUT2D eigenvalue weighted by Crippen LogP contribution is 2.16. The second-order valence-electron chi connectivity index (χ2n) is 5.07. The summed E-state index contributed by atoms with van der Waals surface area (Å²) in [6.45, 7) is 6.08. The Morgan fingerprint density at radius 1 is 1.33 bits per heavy atom. The topological polar surface area (TPSA) is 62.7 Å². The van der Waals surface area contributed by atoms with Crippen LogP contribution in [0.15, 0.2) is 29.3 Å². The van der Waals surface area contributed by atoms with Crippen LogP contribution >= 0.6 is 0 Å². The van der Waals surface area contributed by atoms with Gasteiger partial charge in [-0.2, -0.15) is 0 Å². The first kappa shape index (κ1) is 12.4. The fourth-order valence-electron chi connectivity index (χ4n) is 1.66. The highest BCUT2D eigenvalue weighted by Gasteiger charge is 2.18. The third-order valence-electron chi connectivity index (χ3n) is 2.36. The smallest absolute Gasteiger partial charge is 0.426 e. The van der Waals surface area contributed by atoms with Crippen LogP contribution in [0.4, 0.5) is 4.79 Å². The number of nitrogens with one attached hydrogen (secondary N) is 2. The molecule has 5 heteroatoms. The van der Waals surface area contributed by atoms with E-state index in [-0.39, 0.29) is 0 Å². The van der Waals surface area contributed by atoms with E-state index in [1.807, 2.05) is 45.0 Å². The average molecular weight is 247 g/mol. The second kappa shape index (κ2) is 4.68. The number of hydrogen-bond acceptors (Lipinski definition) is 4. The van der Waals surface area contributed by atoms with Crippen molar-refractivity contribution in [1.29, 1.82) is 0 Å². The predicted octanol–water partition coefficient (Wildman–Crippen LogP) is 1.98. The maximum Gasteiger partial charge on any atom is 0.426 e. The molecule has 1 aliphatic rings. The number of carbonyl (C=O) groups is 1. The monoisotopic (exact) mass is 247 g/mol. The van der Waals surface area contributed by atoms with Crippen molar-refractivity contribution >= 4 is 11.9 Å². The Morgan fingerprint density at radius 3 is 2.78 bits per heavy atom. The number of benzene rings is 1. The third kappa shape index (κ3) is 3.00. The largest absolute Gasteiger partial charge is 0.443 e. The molecule has 0 spiro atoms. The lowest BCUT2D eigenvalue weighted by atomic mass is 10.1. The summed E-state index contributed by atoms with van der Waals surface area (Å²) in [6.07, 6.45) is -0.519. The third-order valence-corrected chi connectivity index (χ3v) is 2.36. The van der Waals surface area contributed by atoms with Crippen molar-refractivity contribution in [3.05, 3.63) is 35.4 Å². The van der Waals surface area contributed by atoms with Crippen molar-refractivity contribution in [2.45, 2.75) is 32.9 Å². The number of rotatable bonds is 0. The maximum atomic E-state index is 11.5. The van der Waals surface area contributed by atoms with Gasteiger partial charge >= 0.3 is 6.09 Å². The zero-order chi connectivity index (χ0) is 13.2. The van der Waals surface area contributed by atoms with Crippen LogP contribution in [0.5, 0.6) is 0 Å². The van der Waals surface area contributed by atoms with E-state index in [0.29, 0.717) is 12.4 Å². The summed E-state index contributed by atoms with van der Waals surface area (Å²) in [5.41, 5.74) is 6.91. The minimum Gasteiger partial charge on any atom is -0.443 e. The molecule has 1 amide bonds. The standard InChI is InChI=1S/C13H17N3O2/c1-13(2,3)18-12(17)16-15-11-10-7-5-4-6-9(10)8-14-11/h4-7H,8H2,1-3H3,(H,14,15)(H,16,17). The average Bonchev–Trinajstić information content (AvgIpc) is 2.67. The van der Waals surface area contributed by atoms with E-state index < -0.39 is 11.7 Å². The number of aliphatic imine (C=N–C) groups is 1.